The first-order valence-electron chi connectivity index (χ1n) is 11.2. The second kappa shape index (κ2) is 10.5. The summed E-state index contributed by atoms with van der Waals surface area (Å²) >= 11 is 18.5. The molecule has 0 aliphatic carbocycles. The quantitative estimate of drug-likeness (QED) is 0.315. The van der Waals surface area contributed by atoms with Gasteiger partial charge in [0.25, 0.3) is 23.3 Å². The molecular weight excluding hydrogens is 599 g/mol. The maximum absolute atomic E-state index is 14.0. The van der Waals surface area contributed by atoms with Gasteiger partial charge in [-0.15, -0.1) is 0 Å². The maximum atomic E-state index is 14.0. The highest BCUT2D eigenvalue weighted by atomic mass is 35.5. The maximum Gasteiger partial charge on any atom is 0.362 e. The van der Waals surface area contributed by atoms with Gasteiger partial charge < -0.3 is 14.6 Å². The summed E-state index contributed by atoms with van der Waals surface area (Å²) in [5.74, 6) is -1.76. The van der Waals surface area contributed by atoms with Crippen LogP contribution in [0.4, 0.5) is 14.5 Å². The largest absolute Gasteiger partial charge is 0.362 e. The summed E-state index contributed by atoms with van der Waals surface area (Å²) in [7, 11) is 0. The number of amides is 3. The number of nitrogens with zero attached hydrogens (tertiary/aromatic N) is 2. The predicted molar refractivity (Wildman–Crippen MR) is 141 cm³/mol. The van der Waals surface area contributed by atoms with Crippen molar-refractivity contribution in [3.05, 3.63) is 85.2 Å². The van der Waals surface area contributed by atoms with E-state index in [0.717, 1.165) is 28.3 Å². The molecule has 5 rings (SSSR count). The Balaban J connectivity index is 1.50. The third kappa shape index (κ3) is 5.42. The molecule has 3 aromatic rings. The number of alkyl halides is 3. The monoisotopic (exact) mass is 613 g/mol. The highest BCUT2D eigenvalue weighted by Crippen LogP contribution is 2.42. The number of pyridine rings is 1. The van der Waals surface area contributed by atoms with E-state index in [2.05, 4.69) is 0 Å². The zero-order valence-corrected chi connectivity index (χ0v) is 22.7. The number of carbonyl (C=O) groups is 3. The lowest BCUT2D eigenvalue weighted by Crippen LogP contribution is -2.46. The zero-order chi connectivity index (χ0) is 28.1. The third-order valence-electron chi connectivity index (χ3n) is 6.05. The standard InChI is InChI=1S/C25H16Cl3F2N3O5S/c26-15-2-1-3-16(27)22(15)39-17-7-18(25(28,29)30)31-23(36)21(17)24(37)32-8-12-4-5-14(6-13(12)9-32)33-19(34)10-38-11-20(33)35/h1-7H,8-11H2,(H,31,36). The second-order valence-corrected chi connectivity index (χ2v) is 11.0. The fourth-order valence-electron chi connectivity index (χ4n) is 4.27. The van der Waals surface area contributed by atoms with Crippen LogP contribution < -0.4 is 10.5 Å². The van der Waals surface area contributed by atoms with Crippen LogP contribution in [0.15, 0.2) is 57.1 Å². The number of carbonyl (C=O) groups excluding carboxylic acids is 3. The SMILES string of the molecule is O=C(c1c(Sc2c(Cl)cccc2Cl)cc(C(F)(F)Cl)[nH]c1=O)N1Cc2ccc(N3C(=O)COCC3=O)cc2C1. The van der Waals surface area contributed by atoms with Crippen LogP contribution in [0.1, 0.15) is 27.2 Å². The normalized spacial score (nSPS) is 15.6. The summed E-state index contributed by atoms with van der Waals surface area (Å²) in [6.45, 7) is -0.325. The van der Waals surface area contributed by atoms with E-state index in [1.54, 1.807) is 24.3 Å². The molecule has 2 aromatic carbocycles. The first-order chi connectivity index (χ1) is 18.4. The van der Waals surface area contributed by atoms with Crippen LogP contribution in [0, 0.1) is 0 Å². The molecule has 1 fully saturated rings. The van der Waals surface area contributed by atoms with Gasteiger partial charge in [-0.05, 0) is 53.1 Å². The number of hydrogen-bond acceptors (Lipinski definition) is 6. The van der Waals surface area contributed by atoms with Crippen LogP contribution in [0.3, 0.4) is 0 Å². The Hall–Kier alpha value is -2.96. The molecule has 39 heavy (non-hydrogen) atoms. The van der Waals surface area contributed by atoms with Gasteiger partial charge in [-0.3, -0.25) is 19.2 Å². The number of ether oxygens (including phenoxy) is 1. The van der Waals surface area contributed by atoms with Crippen molar-refractivity contribution in [2.75, 3.05) is 18.1 Å². The van der Waals surface area contributed by atoms with E-state index >= 15 is 0 Å². The first kappa shape index (κ1) is 27.6. The number of nitrogens with one attached hydrogen (secondary N) is 1. The van der Waals surface area contributed by atoms with E-state index < -0.39 is 39.9 Å². The van der Waals surface area contributed by atoms with Crippen LogP contribution in [0.2, 0.25) is 10.0 Å². The Morgan fingerprint density at radius 3 is 2.26 bits per heavy atom. The summed E-state index contributed by atoms with van der Waals surface area (Å²) in [6, 6.07) is 10.4. The minimum absolute atomic E-state index is 0.0402. The summed E-state index contributed by atoms with van der Waals surface area (Å²) in [5.41, 5.74) is -0.652. The van der Waals surface area contributed by atoms with Crippen LogP contribution in [-0.2, 0) is 32.8 Å². The third-order valence-corrected chi connectivity index (χ3v) is 8.30. The summed E-state index contributed by atoms with van der Waals surface area (Å²) in [4.78, 5) is 55.6. The molecular formula is C25H16Cl3F2N3O5S. The summed E-state index contributed by atoms with van der Waals surface area (Å²) < 4.78 is 32.8. The van der Waals surface area contributed by atoms with Gasteiger partial charge in [0.15, 0.2) is 0 Å². The summed E-state index contributed by atoms with van der Waals surface area (Å²) in [5, 5.41) is -3.52. The number of anilines is 1. The second-order valence-electron chi connectivity index (χ2n) is 8.63. The molecule has 8 nitrogen and oxygen atoms in total. The van der Waals surface area contributed by atoms with E-state index in [0.29, 0.717) is 11.3 Å². The number of aromatic amines is 1. The van der Waals surface area contributed by atoms with Crippen LogP contribution in [0.25, 0.3) is 0 Å². The number of fused-ring (bicyclic) bond motifs is 1. The predicted octanol–water partition coefficient (Wildman–Crippen LogP) is 5.17. The van der Waals surface area contributed by atoms with Crippen LogP contribution in [0.5, 0.6) is 0 Å². The van der Waals surface area contributed by atoms with Gasteiger partial charge in [-0.2, -0.15) is 8.78 Å². The van der Waals surface area contributed by atoms with Crippen molar-refractivity contribution in [2.45, 2.75) is 28.3 Å². The molecule has 202 valence electrons. The number of halogens is 5. The van der Waals surface area contributed by atoms with E-state index in [-0.39, 0.29) is 46.1 Å². The number of hydrogen-bond donors (Lipinski definition) is 1. The van der Waals surface area contributed by atoms with Crippen LogP contribution >= 0.6 is 46.6 Å². The Bertz CT molecular complexity index is 1560. The molecule has 3 heterocycles. The van der Waals surface area contributed by atoms with E-state index in [1.165, 1.54) is 17.0 Å². The molecule has 3 amide bonds. The van der Waals surface area contributed by atoms with Crippen molar-refractivity contribution in [2.24, 2.45) is 0 Å². The van der Waals surface area contributed by atoms with E-state index in [4.69, 9.17) is 39.5 Å². The van der Waals surface area contributed by atoms with Gasteiger partial charge in [0.2, 0.25) is 0 Å². The van der Waals surface area contributed by atoms with Crippen molar-refractivity contribution in [3.63, 3.8) is 0 Å². The Kier molecular flexibility index (Phi) is 7.47. The summed E-state index contributed by atoms with van der Waals surface area (Å²) in [6.07, 6.45) is 0. The number of imide groups is 1. The molecule has 0 atom stereocenters. The van der Waals surface area contributed by atoms with Crippen LogP contribution in [-0.4, -0.2) is 40.8 Å². The number of morpholine rings is 1. The van der Waals surface area contributed by atoms with Crippen molar-refractivity contribution >= 4 is 70.0 Å². The minimum Gasteiger partial charge on any atom is -0.362 e. The molecule has 0 saturated carbocycles. The molecule has 1 N–H and O–H groups in total. The first-order valence-corrected chi connectivity index (χ1v) is 13.2. The lowest BCUT2D eigenvalue weighted by Gasteiger charge is -2.25. The number of H-pyrrole nitrogens is 1. The topological polar surface area (TPSA) is 99.8 Å². The molecule has 2 aliphatic rings. The highest BCUT2D eigenvalue weighted by Gasteiger charge is 2.35. The van der Waals surface area contributed by atoms with Crippen molar-refractivity contribution in [1.82, 2.24) is 9.88 Å². The molecule has 0 bridgehead atoms. The Labute approximate surface area is 238 Å². The molecule has 1 aromatic heterocycles. The Morgan fingerprint density at radius 2 is 1.62 bits per heavy atom. The van der Waals surface area contributed by atoms with Gasteiger partial charge >= 0.3 is 5.38 Å². The fourth-order valence-corrected chi connectivity index (χ4v) is 6.01. The van der Waals surface area contributed by atoms with Gasteiger partial charge in [-0.1, -0.05) is 47.1 Å². The molecule has 0 radical (unpaired) electrons. The molecule has 0 unspecified atom stereocenters. The van der Waals surface area contributed by atoms with Gasteiger partial charge in [0.1, 0.15) is 24.5 Å². The van der Waals surface area contributed by atoms with E-state index in [9.17, 15) is 28.0 Å². The fraction of sp³-hybridized carbons (Fsp3) is 0.200. The number of rotatable bonds is 5. The molecule has 14 heteroatoms. The van der Waals surface area contributed by atoms with Crippen molar-refractivity contribution in [3.8, 4) is 0 Å². The average molecular weight is 615 g/mol. The lowest BCUT2D eigenvalue weighted by atomic mass is 10.1. The molecule has 2 aliphatic heterocycles. The van der Waals surface area contributed by atoms with Gasteiger partial charge in [0.05, 0.1) is 15.7 Å². The Morgan fingerprint density at radius 1 is 0.974 bits per heavy atom. The smallest absolute Gasteiger partial charge is 0.362 e. The highest BCUT2D eigenvalue weighted by molar-refractivity contribution is 7.99. The minimum atomic E-state index is -3.91. The molecule has 1 saturated heterocycles. The van der Waals surface area contributed by atoms with Crippen molar-refractivity contribution < 1.29 is 27.9 Å². The molecule has 0 spiro atoms. The van der Waals surface area contributed by atoms with Gasteiger partial charge in [-0.25, -0.2) is 4.90 Å². The van der Waals surface area contributed by atoms with Crippen molar-refractivity contribution in [1.29, 1.82) is 0 Å². The zero-order valence-electron chi connectivity index (χ0n) is 19.6. The number of benzene rings is 2. The lowest BCUT2D eigenvalue weighted by molar-refractivity contribution is -0.138. The van der Waals surface area contributed by atoms with E-state index in [1.807, 2.05) is 4.98 Å². The number of aromatic nitrogens is 1. The average Bonchev–Trinajstić information content (AvgIpc) is 3.29. The van der Waals surface area contributed by atoms with Gasteiger partial charge in [0, 0.05) is 22.9 Å².